The van der Waals surface area contributed by atoms with E-state index in [2.05, 4.69) is 20.9 Å². The highest BCUT2D eigenvalue weighted by molar-refractivity contribution is 9.10. The van der Waals surface area contributed by atoms with Gasteiger partial charge in [-0.2, -0.15) is 0 Å². The summed E-state index contributed by atoms with van der Waals surface area (Å²) in [7, 11) is 0. The van der Waals surface area contributed by atoms with Gasteiger partial charge in [0.25, 0.3) is 0 Å². The van der Waals surface area contributed by atoms with Gasteiger partial charge in [0, 0.05) is 26.3 Å². The van der Waals surface area contributed by atoms with Gasteiger partial charge in [-0.25, -0.2) is 4.79 Å². The summed E-state index contributed by atoms with van der Waals surface area (Å²) in [5, 5.41) is 3.24. The number of hydrogen-bond donors (Lipinski definition) is 0. The Labute approximate surface area is 202 Å². The van der Waals surface area contributed by atoms with Crippen LogP contribution in [-0.4, -0.2) is 12.2 Å². The van der Waals surface area contributed by atoms with Crippen LogP contribution >= 0.6 is 38.9 Å². The Balaban J connectivity index is 1.56. The van der Waals surface area contributed by atoms with E-state index in [4.69, 9.17) is 16.3 Å². The summed E-state index contributed by atoms with van der Waals surface area (Å²) >= 11 is 11.3. The van der Waals surface area contributed by atoms with Gasteiger partial charge in [0.05, 0.1) is 10.7 Å². The summed E-state index contributed by atoms with van der Waals surface area (Å²) in [5.74, 6) is -0.0513. The standard InChI is InChI=1S/C26H15BrClNO2S/c27-17-7-5-8-18(14-17)29-15-21-19-9-2-1-6-16(19)12-13-22(21)31-26(30)25-24(28)20-10-3-4-11-23(20)32-25/h1-15H. The van der Waals surface area contributed by atoms with E-state index in [1.807, 2.05) is 78.9 Å². The van der Waals surface area contributed by atoms with Gasteiger partial charge < -0.3 is 4.74 Å². The third kappa shape index (κ3) is 4.07. The predicted octanol–water partition coefficient (Wildman–Crippen LogP) is 8.44. The maximum absolute atomic E-state index is 13.1. The van der Waals surface area contributed by atoms with Gasteiger partial charge in [0.15, 0.2) is 0 Å². The van der Waals surface area contributed by atoms with Crippen molar-refractivity contribution in [3.8, 4) is 5.75 Å². The SMILES string of the molecule is O=C(Oc1ccc2ccccc2c1C=Nc1cccc(Br)c1)c1sc2ccccc2c1Cl. The van der Waals surface area contributed by atoms with Crippen molar-refractivity contribution in [3.63, 3.8) is 0 Å². The van der Waals surface area contributed by atoms with Gasteiger partial charge in [-0.1, -0.05) is 82.1 Å². The lowest BCUT2D eigenvalue weighted by Gasteiger charge is -2.10. The Morgan fingerprint density at radius 1 is 0.938 bits per heavy atom. The average molecular weight is 521 g/mol. The topological polar surface area (TPSA) is 38.7 Å². The molecule has 0 saturated heterocycles. The van der Waals surface area contributed by atoms with Gasteiger partial charge >= 0.3 is 5.97 Å². The Morgan fingerprint density at radius 2 is 1.72 bits per heavy atom. The third-order valence-corrected chi connectivity index (χ3v) is 7.15. The van der Waals surface area contributed by atoms with E-state index in [0.29, 0.717) is 15.6 Å². The highest BCUT2D eigenvalue weighted by Crippen LogP contribution is 2.36. The summed E-state index contributed by atoms with van der Waals surface area (Å²) in [6.07, 6.45) is 1.74. The first kappa shape index (κ1) is 20.9. The predicted molar refractivity (Wildman–Crippen MR) is 137 cm³/mol. The lowest BCUT2D eigenvalue weighted by Crippen LogP contribution is -2.09. The minimum absolute atomic E-state index is 0.385. The van der Waals surface area contributed by atoms with Gasteiger partial charge in [-0.05, 0) is 41.1 Å². The number of carbonyl (C=O) groups is 1. The molecule has 32 heavy (non-hydrogen) atoms. The molecule has 0 aliphatic carbocycles. The fourth-order valence-corrected chi connectivity index (χ4v) is 5.26. The van der Waals surface area contributed by atoms with E-state index in [1.54, 1.807) is 12.3 Å². The van der Waals surface area contributed by atoms with Gasteiger partial charge in [-0.3, -0.25) is 4.99 Å². The molecule has 0 N–H and O–H groups in total. The number of carbonyl (C=O) groups excluding carboxylic acids is 1. The van der Waals surface area contributed by atoms with Crippen LogP contribution in [0.4, 0.5) is 5.69 Å². The lowest BCUT2D eigenvalue weighted by molar-refractivity contribution is 0.0740. The molecule has 0 radical (unpaired) electrons. The first-order chi connectivity index (χ1) is 15.6. The molecule has 156 valence electrons. The van der Waals surface area contributed by atoms with E-state index in [-0.39, 0.29) is 0 Å². The van der Waals surface area contributed by atoms with Crippen molar-refractivity contribution in [3.05, 3.63) is 105 Å². The zero-order valence-electron chi connectivity index (χ0n) is 16.6. The van der Waals surface area contributed by atoms with Crippen LogP contribution in [0.3, 0.4) is 0 Å². The second-order valence-electron chi connectivity index (χ2n) is 7.07. The first-order valence-electron chi connectivity index (χ1n) is 9.81. The van der Waals surface area contributed by atoms with Crippen molar-refractivity contribution in [2.45, 2.75) is 0 Å². The second kappa shape index (κ2) is 8.87. The van der Waals surface area contributed by atoms with Gasteiger partial charge in [-0.15, -0.1) is 11.3 Å². The van der Waals surface area contributed by atoms with E-state index < -0.39 is 5.97 Å². The van der Waals surface area contributed by atoms with Crippen molar-refractivity contribution >= 4 is 77.6 Å². The van der Waals surface area contributed by atoms with Crippen LogP contribution in [0.1, 0.15) is 15.2 Å². The van der Waals surface area contributed by atoms with E-state index in [1.165, 1.54) is 11.3 Å². The molecule has 0 unspecified atom stereocenters. The number of nitrogens with zero attached hydrogens (tertiary/aromatic N) is 1. The largest absolute Gasteiger partial charge is 0.422 e. The molecule has 0 saturated carbocycles. The fourth-order valence-electron chi connectivity index (χ4n) is 3.48. The van der Waals surface area contributed by atoms with Crippen LogP contribution in [0.2, 0.25) is 5.02 Å². The van der Waals surface area contributed by atoms with Gasteiger partial charge in [0.2, 0.25) is 0 Å². The number of esters is 1. The maximum atomic E-state index is 13.1. The Hall–Kier alpha value is -2.99. The Bertz CT molecular complexity index is 1510. The number of aliphatic imine (C=N–C) groups is 1. The van der Waals surface area contributed by atoms with Crippen molar-refractivity contribution in [1.82, 2.24) is 0 Å². The number of benzene rings is 4. The quantitative estimate of drug-likeness (QED) is 0.135. The van der Waals surface area contributed by atoms with Crippen LogP contribution in [0.25, 0.3) is 20.9 Å². The molecule has 0 aliphatic rings. The number of rotatable bonds is 4. The minimum atomic E-state index is -0.483. The molecular formula is C26H15BrClNO2S. The monoisotopic (exact) mass is 519 g/mol. The van der Waals surface area contributed by atoms with Crippen LogP contribution in [-0.2, 0) is 0 Å². The molecule has 0 amide bonds. The van der Waals surface area contributed by atoms with Crippen LogP contribution in [0.15, 0.2) is 94.4 Å². The molecular weight excluding hydrogens is 506 g/mol. The molecule has 0 spiro atoms. The van der Waals surface area contributed by atoms with Crippen molar-refractivity contribution in [1.29, 1.82) is 0 Å². The normalized spacial score (nSPS) is 11.4. The summed E-state index contributed by atoms with van der Waals surface area (Å²) in [5.41, 5.74) is 1.52. The molecule has 6 heteroatoms. The Morgan fingerprint density at radius 3 is 2.53 bits per heavy atom. The van der Waals surface area contributed by atoms with Crippen LogP contribution in [0.5, 0.6) is 5.75 Å². The van der Waals surface area contributed by atoms with Crippen molar-refractivity contribution in [2.75, 3.05) is 0 Å². The minimum Gasteiger partial charge on any atom is -0.422 e. The molecule has 1 heterocycles. The number of hydrogen-bond acceptors (Lipinski definition) is 4. The number of ether oxygens (including phenoxy) is 1. The number of halogens is 2. The molecule has 4 aromatic carbocycles. The third-order valence-electron chi connectivity index (χ3n) is 5.00. The zero-order chi connectivity index (χ0) is 22.1. The zero-order valence-corrected chi connectivity index (χ0v) is 19.7. The van der Waals surface area contributed by atoms with Crippen LogP contribution < -0.4 is 4.74 Å². The fraction of sp³-hybridized carbons (Fsp3) is 0. The lowest BCUT2D eigenvalue weighted by atomic mass is 10.0. The van der Waals surface area contributed by atoms with Crippen molar-refractivity contribution in [2.24, 2.45) is 4.99 Å². The summed E-state index contributed by atoms with van der Waals surface area (Å²) in [4.78, 5) is 18.1. The molecule has 0 aliphatic heterocycles. The van der Waals surface area contributed by atoms with E-state index in [0.717, 1.165) is 36.6 Å². The smallest absolute Gasteiger partial charge is 0.355 e. The molecule has 0 fully saturated rings. The molecule has 0 bridgehead atoms. The summed E-state index contributed by atoms with van der Waals surface area (Å²) < 4.78 is 7.73. The summed E-state index contributed by atoms with van der Waals surface area (Å²) in [6, 6.07) is 27.0. The molecule has 1 aromatic heterocycles. The van der Waals surface area contributed by atoms with E-state index >= 15 is 0 Å². The second-order valence-corrected chi connectivity index (χ2v) is 9.41. The Kier molecular flexibility index (Phi) is 5.79. The molecule has 0 atom stereocenters. The van der Waals surface area contributed by atoms with Gasteiger partial charge in [0.1, 0.15) is 10.6 Å². The highest BCUT2D eigenvalue weighted by atomic mass is 79.9. The molecule has 5 aromatic rings. The molecule has 3 nitrogen and oxygen atoms in total. The summed E-state index contributed by atoms with van der Waals surface area (Å²) in [6.45, 7) is 0. The maximum Gasteiger partial charge on any atom is 0.355 e. The highest BCUT2D eigenvalue weighted by Gasteiger charge is 2.20. The first-order valence-corrected chi connectivity index (χ1v) is 11.8. The average Bonchev–Trinajstić information content (AvgIpc) is 3.15. The van der Waals surface area contributed by atoms with E-state index in [9.17, 15) is 4.79 Å². The van der Waals surface area contributed by atoms with Crippen LogP contribution in [0, 0.1) is 0 Å². The molecule has 5 rings (SSSR count). The van der Waals surface area contributed by atoms with Crippen molar-refractivity contribution < 1.29 is 9.53 Å². The number of thiophene rings is 1. The number of fused-ring (bicyclic) bond motifs is 2.